The van der Waals surface area contributed by atoms with E-state index in [1.165, 1.54) is 41.6 Å². The van der Waals surface area contributed by atoms with Gasteiger partial charge in [0.2, 0.25) is 0 Å². The van der Waals surface area contributed by atoms with Crippen molar-refractivity contribution in [3.63, 3.8) is 0 Å². The SMILES string of the molecule is CNCC1CCN(Cc2ccc(I)cc2)CC1. The second kappa shape index (κ2) is 6.71. The van der Waals surface area contributed by atoms with E-state index in [0.717, 1.165) is 12.5 Å². The molecule has 0 saturated carbocycles. The van der Waals surface area contributed by atoms with Crippen LogP contribution in [0.1, 0.15) is 18.4 Å². The van der Waals surface area contributed by atoms with Crippen LogP contribution in [0.4, 0.5) is 0 Å². The number of rotatable bonds is 4. The molecule has 3 heteroatoms. The molecule has 0 atom stereocenters. The van der Waals surface area contributed by atoms with Crippen LogP contribution in [0.5, 0.6) is 0 Å². The molecule has 0 bridgehead atoms. The molecule has 0 radical (unpaired) electrons. The van der Waals surface area contributed by atoms with Crippen LogP contribution in [0, 0.1) is 9.49 Å². The van der Waals surface area contributed by atoms with Gasteiger partial charge in [-0.25, -0.2) is 0 Å². The predicted molar refractivity (Wildman–Crippen MR) is 81.1 cm³/mol. The van der Waals surface area contributed by atoms with Crippen molar-refractivity contribution in [3.8, 4) is 0 Å². The average molecular weight is 344 g/mol. The van der Waals surface area contributed by atoms with E-state index >= 15 is 0 Å². The molecule has 94 valence electrons. The van der Waals surface area contributed by atoms with Crippen molar-refractivity contribution < 1.29 is 0 Å². The van der Waals surface area contributed by atoms with Crippen molar-refractivity contribution in [1.29, 1.82) is 0 Å². The van der Waals surface area contributed by atoms with Gasteiger partial charge < -0.3 is 5.32 Å². The maximum atomic E-state index is 3.29. The zero-order valence-corrected chi connectivity index (χ0v) is 12.6. The number of halogens is 1. The molecular weight excluding hydrogens is 323 g/mol. The minimum atomic E-state index is 0.882. The topological polar surface area (TPSA) is 15.3 Å². The highest BCUT2D eigenvalue weighted by Gasteiger charge is 2.18. The Bertz CT molecular complexity index is 329. The lowest BCUT2D eigenvalue weighted by Gasteiger charge is -2.31. The van der Waals surface area contributed by atoms with Crippen molar-refractivity contribution in [2.75, 3.05) is 26.7 Å². The van der Waals surface area contributed by atoms with Gasteiger partial charge in [-0.3, -0.25) is 4.90 Å². The summed E-state index contributed by atoms with van der Waals surface area (Å²) in [6.45, 7) is 4.79. The van der Waals surface area contributed by atoms with E-state index < -0.39 is 0 Å². The molecule has 1 aromatic carbocycles. The quantitative estimate of drug-likeness (QED) is 0.845. The van der Waals surface area contributed by atoms with E-state index in [1.807, 2.05) is 0 Å². The summed E-state index contributed by atoms with van der Waals surface area (Å²) in [6.07, 6.45) is 2.68. The highest BCUT2D eigenvalue weighted by Crippen LogP contribution is 2.18. The number of hydrogen-bond donors (Lipinski definition) is 1. The van der Waals surface area contributed by atoms with Crippen LogP contribution in [0.15, 0.2) is 24.3 Å². The van der Waals surface area contributed by atoms with Gasteiger partial charge in [-0.1, -0.05) is 12.1 Å². The molecule has 0 spiro atoms. The fourth-order valence-electron chi connectivity index (χ4n) is 2.49. The normalized spacial score (nSPS) is 18.5. The standard InChI is InChI=1S/C14H21IN2/c1-16-10-12-6-8-17(9-7-12)11-13-2-4-14(15)5-3-13/h2-5,12,16H,6-11H2,1H3. The molecule has 17 heavy (non-hydrogen) atoms. The maximum Gasteiger partial charge on any atom is 0.0233 e. The molecule has 1 fully saturated rings. The van der Waals surface area contributed by atoms with Crippen LogP contribution < -0.4 is 5.32 Å². The summed E-state index contributed by atoms with van der Waals surface area (Å²) in [6, 6.07) is 8.90. The lowest BCUT2D eigenvalue weighted by molar-refractivity contribution is 0.177. The molecule has 2 rings (SSSR count). The molecule has 0 amide bonds. The van der Waals surface area contributed by atoms with Crippen LogP contribution in [0.2, 0.25) is 0 Å². The highest BCUT2D eigenvalue weighted by molar-refractivity contribution is 14.1. The van der Waals surface area contributed by atoms with E-state index in [-0.39, 0.29) is 0 Å². The molecule has 1 heterocycles. The molecule has 1 aliphatic rings. The van der Waals surface area contributed by atoms with Gasteiger partial charge in [0.05, 0.1) is 0 Å². The van der Waals surface area contributed by atoms with Crippen molar-refractivity contribution in [1.82, 2.24) is 10.2 Å². The molecular formula is C14H21IN2. The Morgan fingerprint density at radius 3 is 2.47 bits per heavy atom. The monoisotopic (exact) mass is 344 g/mol. The third-order valence-electron chi connectivity index (χ3n) is 3.52. The number of hydrogen-bond acceptors (Lipinski definition) is 2. The third kappa shape index (κ3) is 4.23. The summed E-state index contributed by atoms with van der Waals surface area (Å²) in [5, 5.41) is 3.29. The number of likely N-dealkylation sites (tertiary alicyclic amines) is 1. The van der Waals surface area contributed by atoms with Crippen molar-refractivity contribution in [2.45, 2.75) is 19.4 Å². The largest absolute Gasteiger partial charge is 0.319 e. The first-order chi connectivity index (χ1) is 8.28. The lowest BCUT2D eigenvalue weighted by Crippen LogP contribution is -2.36. The van der Waals surface area contributed by atoms with Gasteiger partial charge in [-0.15, -0.1) is 0 Å². The number of benzene rings is 1. The van der Waals surface area contributed by atoms with Gasteiger partial charge >= 0.3 is 0 Å². The summed E-state index contributed by atoms with van der Waals surface area (Å²) < 4.78 is 1.32. The van der Waals surface area contributed by atoms with Crippen LogP contribution in [0.25, 0.3) is 0 Å². The molecule has 0 aromatic heterocycles. The van der Waals surface area contributed by atoms with Crippen LogP contribution in [-0.2, 0) is 6.54 Å². The van der Waals surface area contributed by atoms with Gasteiger partial charge in [0.25, 0.3) is 0 Å². The van der Waals surface area contributed by atoms with E-state index in [9.17, 15) is 0 Å². The summed E-state index contributed by atoms with van der Waals surface area (Å²) in [5.74, 6) is 0.882. The van der Waals surface area contributed by atoms with E-state index in [0.29, 0.717) is 0 Å². The second-order valence-corrected chi connectivity index (χ2v) is 6.15. The van der Waals surface area contributed by atoms with Crippen molar-refractivity contribution in [3.05, 3.63) is 33.4 Å². The molecule has 2 nitrogen and oxygen atoms in total. The van der Waals surface area contributed by atoms with Gasteiger partial charge in [-0.05, 0) is 85.7 Å². The second-order valence-electron chi connectivity index (χ2n) is 4.90. The molecule has 1 saturated heterocycles. The average Bonchev–Trinajstić information content (AvgIpc) is 2.35. The maximum absolute atomic E-state index is 3.29. The fraction of sp³-hybridized carbons (Fsp3) is 0.571. The zero-order valence-electron chi connectivity index (χ0n) is 10.5. The first-order valence-corrected chi connectivity index (χ1v) is 7.47. The van der Waals surface area contributed by atoms with Gasteiger partial charge in [0, 0.05) is 10.1 Å². The Balaban J connectivity index is 1.79. The first-order valence-electron chi connectivity index (χ1n) is 6.39. The van der Waals surface area contributed by atoms with Gasteiger partial charge in [0.15, 0.2) is 0 Å². The predicted octanol–water partition coefficient (Wildman–Crippen LogP) is 2.72. The van der Waals surface area contributed by atoms with E-state index in [4.69, 9.17) is 0 Å². The number of piperidine rings is 1. The lowest BCUT2D eigenvalue weighted by atomic mass is 9.96. The zero-order chi connectivity index (χ0) is 12.1. The van der Waals surface area contributed by atoms with Crippen LogP contribution in [-0.4, -0.2) is 31.6 Å². The Hall–Kier alpha value is -0.130. The van der Waals surface area contributed by atoms with Crippen molar-refractivity contribution >= 4 is 22.6 Å². The Morgan fingerprint density at radius 2 is 1.88 bits per heavy atom. The van der Waals surface area contributed by atoms with Gasteiger partial charge in [0.1, 0.15) is 0 Å². The molecule has 0 unspecified atom stereocenters. The van der Waals surface area contributed by atoms with Gasteiger partial charge in [-0.2, -0.15) is 0 Å². The molecule has 1 aromatic rings. The number of nitrogens with one attached hydrogen (secondary N) is 1. The third-order valence-corrected chi connectivity index (χ3v) is 4.24. The Labute approximate surface area is 118 Å². The summed E-state index contributed by atoms with van der Waals surface area (Å²) in [4.78, 5) is 2.58. The highest BCUT2D eigenvalue weighted by atomic mass is 127. The fourth-order valence-corrected chi connectivity index (χ4v) is 2.84. The summed E-state index contributed by atoms with van der Waals surface area (Å²) in [7, 11) is 2.05. The smallest absolute Gasteiger partial charge is 0.0233 e. The van der Waals surface area contributed by atoms with E-state index in [1.54, 1.807) is 0 Å². The summed E-state index contributed by atoms with van der Waals surface area (Å²) >= 11 is 2.36. The molecule has 1 N–H and O–H groups in total. The first kappa shape index (κ1) is 13.3. The number of nitrogens with zero attached hydrogens (tertiary/aromatic N) is 1. The van der Waals surface area contributed by atoms with E-state index in [2.05, 4.69) is 64.1 Å². The van der Waals surface area contributed by atoms with Crippen LogP contribution in [0.3, 0.4) is 0 Å². The van der Waals surface area contributed by atoms with Crippen LogP contribution >= 0.6 is 22.6 Å². The molecule has 0 aliphatic carbocycles. The minimum Gasteiger partial charge on any atom is -0.319 e. The summed E-state index contributed by atoms with van der Waals surface area (Å²) in [5.41, 5.74) is 1.44. The Morgan fingerprint density at radius 1 is 1.24 bits per heavy atom. The van der Waals surface area contributed by atoms with Crippen molar-refractivity contribution in [2.24, 2.45) is 5.92 Å². The molecule has 1 aliphatic heterocycles. The minimum absolute atomic E-state index is 0.882. The Kier molecular flexibility index (Phi) is 5.25.